The first kappa shape index (κ1) is 21.3. The Labute approximate surface area is 186 Å². The topological polar surface area (TPSA) is 95.5 Å². The predicted octanol–water partition coefficient (Wildman–Crippen LogP) is 5.52. The van der Waals surface area contributed by atoms with Crippen LogP contribution in [0.2, 0.25) is 0 Å². The molecule has 2 amide bonds. The third-order valence-corrected chi connectivity index (χ3v) is 5.85. The zero-order valence-corrected chi connectivity index (χ0v) is 17.9. The molecule has 162 valence electrons. The molecule has 2 atom stereocenters. The SMILES string of the molecule is Cc1ccc(NC(=O)Nc2ccc(-c3ccc(C(=O)[C@@H]4C[C@H]4C(=O)O)cc3)cc2)cc1C. The smallest absolute Gasteiger partial charge is 0.323 e. The van der Waals surface area contributed by atoms with Gasteiger partial charge in [0.2, 0.25) is 0 Å². The lowest BCUT2D eigenvalue weighted by atomic mass is 10.0. The van der Waals surface area contributed by atoms with E-state index in [1.165, 1.54) is 5.56 Å². The van der Waals surface area contributed by atoms with Crippen molar-refractivity contribution in [1.29, 1.82) is 0 Å². The van der Waals surface area contributed by atoms with Crippen LogP contribution in [-0.4, -0.2) is 22.9 Å². The Balaban J connectivity index is 1.37. The molecular formula is C26H24N2O4. The van der Waals surface area contributed by atoms with E-state index in [9.17, 15) is 14.4 Å². The number of rotatable bonds is 6. The molecule has 6 heteroatoms. The van der Waals surface area contributed by atoms with Crippen molar-refractivity contribution in [3.8, 4) is 11.1 Å². The van der Waals surface area contributed by atoms with Crippen LogP contribution >= 0.6 is 0 Å². The summed E-state index contributed by atoms with van der Waals surface area (Å²) in [5.41, 5.74) is 6.08. The molecule has 0 spiro atoms. The van der Waals surface area contributed by atoms with E-state index >= 15 is 0 Å². The number of aliphatic carboxylic acids is 1. The molecule has 3 aromatic rings. The summed E-state index contributed by atoms with van der Waals surface area (Å²) in [6, 6.07) is 20.0. The van der Waals surface area contributed by atoms with Gasteiger partial charge < -0.3 is 15.7 Å². The Morgan fingerprint density at radius 3 is 1.88 bits per heavy atom. The number of carbonyl (C=O) groups excluding carboxylic acids is 2. The van der Waals surface area contributed by atoms with E-state index in [4.69, 9.17) is 5.11 Å². The minimum atomic E-state index is -0.906. The first-order chi connectivity index (χ1) is 15.3. The number of aryl methyl sites for hydroxylation is 2. The number of anilines is 2. The second-order valence-corrected chi connectivity index (χ2v) is 8.18. The zero-order chi connectivity index (χ0) is 22.8. The van der Waals surface area contributed by atoms with Crippen LogP contribution in [0.1, 0.15) is 27.9 Å². The van der Waals surface area contributed by atoms with Crippen LogP contribution in [0.3, 0.4) is 0 Å². The highest BCUT2D eigenvalue weighted by molar-refractivity contribution is 6.03. The number of ketones is 1. The first-order valence-electron chi connectivity index (χ1n) is 10.4. The van der Waals surface area contributed by atoms with Gasteiger partial charge in [0.05, 0.1) is 5.92 Å². The van der Waals surface area contributed by atoms with E-state index < -0.39 is 17.8 Å². The van der Waals surface area contributed by atoms with E-state index in [0.29, 0.717) is 17.7 Å². The summed E-state index contributed by atoms with van der Waals surface area (Å²) in [4.78, 5) is 35.6. The van der Waals surface area contributed by atoms with Gasteiger partial charge in [0, 0.05) is 22.9 Å². The molecule has 4 rings (SSSR count). The van der Waals surface area contributed by atoms with Crippen molar-refractivity contribution in [2.75, 3.05) is 10.6 Å². The van der Waals surface area contributed by atoms with Crippen LogP contribution in [-0.2, 0) is 4.79 Å². The van der Waals surface area contributed by atoms with Crippen LogP contribution in [0.15, 0.2) is 66.7 Å². The van der Waals surface area contributed by atoms with Crippen molar-refractivity contribution in [3.63, 3.8) is 0 Å². The van der Waals surface area contributed by atoms with Crippen LogP contribution in [0, 0.1) is 25.7 Å². The molecule has 1 saturated carbocycles. The average Bonchev–Trinajstić information content (AvgIpc) is 3.58. The summed E-state index contributed by atoms with van der Waals surface area (Å²) in [5, 5.41) is 14.6. The van der Waals surface area contributed by atoms with Gasteiger partial charge in [-0.2, -0.15) is 0 Å². The number of carboxylic acids is 1. The van der Waals surface area contributed by atoms with Gasteiger partial charge in [-0.15, -0.1) is 0 Å². The Morgan fingerprint density at radius 1 is 0.750 bits per heavy atom. The predicted molar refractivity (Wildman–Crippen MR) is 124 cm³/mol. The summed E-state index contributed by atoms with van der Waals surface area (Å²) in [6.45, 7) is 4.02. The molecule has 0 aliphatic heterocycles. The van der Waals surface area contributed by atoms with Gasteiger partial charge in [-0.3, -0.25) is 9.59 Å². The van der Waals surface area contributed by atoms with Crippen LogP contribution in [0.4, 0.5) is 16.2 Å². The van der Waals surface area contributed by atoms with E-state index in [-0.39, 0.29) is 11.8 Å². The lowest BCUT2D eigenvalue weighted by molar-refractivity contribution is -0.138. The third-order valence-electron chi connectivity index (χ3n) is 5.85. The molecule has 6 nitrogen and oxygen atoms in total. The molecule has 3 aromatic carbocycles. The van der Waals surface area contributed by atoms with Crippen molar-refractivity contribution in [2.45, 2.75) is 20.3 Å². The second-order valence-electron chi connectivity index (χ2n) is 8.18. The summed E-state index contributed by atoms with van der Waals surface area (Å²) < 4.78 is 0. The number of amides is 2. The first-order valence-corrected chi connectivity index (χ1v) is 10.4. The highest BCUT2D eigenvalue weighted by Crippen LogP contribution is 2.41. The Hall–Kier alpha value is -3.93. The molecule has 0 saturated heterocycles. The van der Waals surface area contributed by atoms with Gasteiger partial charge in [-0.25, -0.2) is 4.79 Å². The van der Waals surface area contributed by atoms with Gasteiger partial charge in [0.1, 0.15) is 0 Å². The fourth-order valence-electron chi connectivity index (χ4n) is 3.66. The van der Waals surface area contributed by atoms with Crippen molar-refractivity contribution in [1.82, 2.24) is 0 Å². The quantitative estimate of drug-likeness (QED) is 0.451. The van der Waals surface area contributed by atoms with Crippen LogP contribution < -0.4 is 10.6 Å². The lowest BCUT2D eigenvalue weighted by Gasteiger charge is -2.10. The van der Waals surface area contributed by atoms with Crippen molar-refractivity contribution >= 4 is 29.2 Å². The molecule has 3 N–H and O–H groups in total. The number of urea groups is 1. The van der Waals surface area contributed by atoms with Gasteiger partial charge in [0.15, 0.2) is 5.78 Å². The minimum absolute atomic E-state index is 0.113. The maximum Gasteiger partial charge on any atom is 0.323 e. The molecule has 0 unspecified atom stereocenters. The fraction of sp³-hybridized carbons (Fsp3) is 0.192. The van der Waals surface area contributed by atoms with Crippen LogP contribution in [0.5, 0.6) is 0 Å². The number of hydrogen-bond acceptors (Lipinski definition) is 3. The Bertz CT molecular complexity index is 1180. The van der Waals surface area contributed by atoms with E-state index in [0.717, 1.165) is 22.4 Å². The summed E-state index contributed by atoms with van der Waals surface area (Å²) in [5.74, 6) is -1.97. The van der Waals surface area contributed by atoms with Gasteiger partial charge in [-0.1, -0.05) is 42.5 Å². The maximum absolute atomic E-state index is 12.4. The molecule has 32 heavy (non-hydrogen) atoms. The van der Waals surface area contributed by atoms with Gasteiger partial charge in [-0.05, 0) is 66.8 Å². The summed E-state index contributed by atoms with van der Waals surface area (Å²) in [7, 11) is 0. The standard InChI is InChI=1S/C26H24N2O4/c1-15-3-10-21(13-16(15)2)28-26(32)27-20-11-8-18(9-12-20)17-4-6-19(7-5-17)24(29)22-14-23(22)25(30)31/h3-13,22-23H,14H2,1-2H3,(H,30,31)(H2,27,28,32)/t22-,23-/m1/s1. The number of Topliss-reactive ketones (excluding diaryl/α,β-unsaturated/α-hetero) is 1. The number of hydrogen-bond donors (Lipinski definition) is 3. The van der Waals surface area contributed by atoms with Gasteiger partial charge in [0.25, 0.3) is 0 Å². The highest BCUT2D eigenvalue weighted by Gasteiger charge is 2.48. The van der Waals surface area contributed by atoms with Gasteiger partial charge >= 0.3 is 12.0 Å². The molecule has 0 radical (unpaired) electrons. The minimum Gasteiger partial charge on any atom is -0.481 e. The average molecular weight is 428 g/mol. The van der Waals surface area contributed by atoms with E-state index in [1.54, 1.807) is 12.1 Å². The van der Waals surface area contributed by atoms with Crippen molar-refractivity contribution in [3.05, 3.63) is 83.4 Å². The number of carbonyl (C=O) groups is 3. The van der Waals surface area contributed by atoms with Crippen molar-refractivity contribution < 1.29 is 19.5 Å². The lowest BCUT2D eigenvalue weighted by Crippen LogP contribution is -2.19. The number of benzene rings is 3. The molecule has 1 aliphatic rings. The Morgan fingerprint density at radius 2 is 1.31 bits per heavy atom. The second kappa shape index (κ2) is 8.67. The number of nitrogens with one attached hydrogen (secondary N) is 2. The molecule has 0 bridgehead atoms. The normalized spacial score (nSPS) is 16.8. The number of carboxylic acid groups (broad SMARTS) is 1. The van der Waals surface area contributed by atoms with E-state index in [1.807, 2.05) is 68.4 Å². The maximum atomic E-state index is 12.4. The Kier molecular flexibility index (Phi) is 5.77. The summed E-state index contributed by atoms with van der Waals surface area (Å²) in [6.07, 6.45) is 0.418. The molecule has 1 fully saturated rings. The highest BCUT2D eigenvalue weighted by atomic mass is 16.4. The zero-order valence-electron chi connectivity index (χ0n) is 17.9. The van der Waals surface area contributed by atoms with Crippen LogP contribution in [0.25, 0.3) is 11.1 Å². The monoisotopic (exact) mass is 428 g/mol. The fourth-order valence-corrected chi connectivity index (χ4v) is 3.66. The van der Waals surface area contributed by atoms with Crippen molar-refractivity contribution in [2.24, 2.45) is 11.8 Å². The molecule has 1 aliphatic carbocycles. The molecule has 0 heterocycles. The van der Waals surface area contributed by atoms with E-state index in [2.05, 4.69) is 10.6 Å². The third kappa shape index (κ3) is 4.70. The molecular weight excluding hydrogens is 404 g/mol. The summed E-state index contributed by atoms with van der Waals surface area (Å²) >= 11 is 0. The largest absolute Gasteiger partial charge is 0.481 e. The molecule has 0 aromatic heterocycles.